The van der Waals surface area contributed by atoms with E-state index in [2.05, 4.69) is 31.1 Å². The molecule has 0 saturated heterocycles. The minimum absolute atomic E-state index is 0.0822. The molecule has 0 N–H and O–H groups in total. The Kier molecular flexibility index (Phi) is 15.5. The van der Waals surface area contributed by atoms with E-state index >= 15 is 13.2 Å². The highest BCUT2D eigenvalue weighted by atomic mass is 79.9. The van der Waals surface area contributed by atoms with Crippen LogP contribution < -0.4 is 9.64 Å². The summed E-state index contributed by atoms with van der Waals surface area (Å²) in [7, 11) is 1.58. The average Bonchev–Trinajstić information content (AvgIpc) is 3.62. The van der Waals surface area contributed by atoms with Crippen LogP contribution in [0, 0.1) is 6.92 Å². The summed E-state index contributed by atoms with van der Waals surface area (Å²) in [5.74, 6) is -0.837. The van der Waals surface area contributed by atoms with Crippen molar-refractivity contribution in [1.29, 1.82) is 0 Å². The number of anilines is 1. The molecule has 2 amide bonds. The molecule has 1 unspecified atom stereocenters. The van der Waals surface area contributed by atoms with E-state index in [1.165, 1.54) is 6.07 Å². The molecular weight excluding hydrogens is 829 g/mol. The molecule has 4 aromatic rings. The number of hydrogen-bond donors (Lipinski definition) is 0. The van der Waals surface area contributed by atoms with Gasteiger partial charge < -0.3 is 32.8 Å². The summed E-state index contributed by atoms with van der Waals surface area (Å²) in [4.78, 5) is 32.2. The van der Waals surface area contributed by atoms with Crippen LogP contribution in [0.3, 0.4) is 0 Å². The minimum atomic E-state index is -5.15. The summed E-state index contributed by atoms with van der Waals surface area (Å²) >= 11 is 3.32. The molecule has 2 aromatic carbocycles. The van der Waals surface area contributed by atoms with E-state index in [0.29, 0.717) is 35.5 Å². The number of benzene rings is 2. The van der Waals surface area contributed by atoms with E-state index in [1.807, 2.05) is 31.2 Å². The van der Waals surface area contributed by atoms with Crippen molar-refractivity contribution in [3.8, 4) is 17.3 Å². The van der Waals surface area contributed by atoms with Crippen LogP contribution in [-0.2, 0) is 42.5 Å². The van der Waals surface area contributed by atoms with Gasteiger partial charge in [0, 0.05) is 6.61 Å². The molecule has 0 radical (unpaired) electrons. The van der Waals surface area contributed by atoms with Crippen molar-refractivity contribution in [1.82, 2.24) is 15.2 Å². The number of rotatable bonds is 16. The molecule has 0 aliphatic heterocycles. The van der Waals surface area contributed by atoms with Crippen LogP contribution in [0.2, 0.25) is 0 Å². The van der Waals surface area contributed by atoms with Gasteiger partial charge in [0.2, 0.25) is 0 Å². The Morgan fingerprint density at radius 2 is 1.48 bits per heavy atom. The zero-order valence-corrected chi connectivity index (χ0v) is 35.7. The lowest BCUT2D eigenvalue weighted by molar-refractivity contribution is -0.311. The average molecular weight is 880 g/mol. The first-order valence-electron chi connectivity index (χ1n) is 18.5. The number of aromatic nitrogens is 3. The third-order valence-corrected chi connectivity index (χ3v) is 8.98. The molecule has 0 fully saturated rings. The fourth-order valence-electron chi connectivity index (χ4n) is 5.24. The molecule has 17 heteroatoms. The van der Waals surface area contributed by atoms with E-state index in [9.17, 15) is 9.59 Å². The van der Waals surface area contributed by atoms with E-state index < -0.39 is 60.2 Å². The highest BCUT2D eigenvalue weighted by Gasteiger charge is 2.62. The monoisotopic (exact) mass is 878 g/mol. The number of alkyl halides is 3. The number of nitrogens with zero attached hydrogens (tertiary/aromatic N) is 4. The molecule has 13 nitrogen and oxygen atoms in total. The van der Waals surface area contributed by atoms with Crippen LogP contribution in [0.5, 0.6) is 5.75 Å². The van der Waals surface area contributed by atoms with Crippen molar-refractivity contribution < 1.29 is 55.6 Å². The van der Waals surface area contributed by atoms with Gasteiger partial charge in [0.1, 0.15) is 21.6 Å². The van der Waals surface area contributed by atoms with E-state index in [0.717, 1.165) is 11.3 Å². The van der Waals surface area contributed by atoms with Crippen molar-refractivity contribution in [3.05, 3.63) is 87.8 Å². The fourth-order valence-corrected chi connectivity index (χ4v) is 5.53. The molecule has 2 aromatic heterocycles. The summed E-state index contributed by atoms with van der Waals surface area (Å²) in [5, 5.41) is 7.76. The van der Waals surface area contributed by atoms with Crippen LogP contribution in [0.15, 0.2) is 69.7 Å². The lowest BCUT2D eigenvalue weighted by Gasteiger charge is -2.32. The number of ether oxygens (including phenoxy) is 6. The minimum Gasteiger partial charge on any atom is -0.497 e. The van der Waals surface area contributed by atoms with Crippen LogP contribution in [0.1, 0.15) is 83.9 Å². The van der Waals surface area contributed by atoms with Gasteiger partial charge in [-0.1, -0.05) is 42.5 Å². The molecular formula is C41H50BrF3N4O9. The van der Waals surface area contributed by atoms with Crippen molar-refractivity contribution in [2.75, 3.05) is 25.2 Å². The SMILES string of the molecule is COc1ccc(CO[C@@H](C)CCCOCC(OCc2ccccc2)(c2nnc(-c3nc(Br)c(C)cc3N(C(=O)OC(C)(C)C)C(=O)OC(C)(C)C)o2)C(F)(F)F)cc1. The molecule has 0 aliphatic carbocycles. The lowest BCUT2D eigenvalue weighted by atomic mass is 10.0. The molecule has 2 atom stereocenters. The number of pyridine rings is 1. The number of halogens is 4. The normalized spacial score (nSPS) is 13.7. The Hall–Kier alpha value is -4.58. The Morgan fingerprint density at radius 1 is 0.879 bits per heavy atom. The fraction of sp³-hybridized carbons (Fsp3) is 0.488. The quantitative estimate of drug-likeness (QED) is 0.0780. The number of hydrogen-bond acceptors (Lipinski definition) is 12. The predicted molar refractivity (Wildman–Crippen MR) is 211 cm³/mol. The highest BCUT2D eigenvalue weighted by Crippen LogP contribution is 2.44. The van der Waals surface area contributed by atoms with Crippen LogP contribution >= 0.6 is 15.9 Å². The Morgan fingerprint density at radius 3 is 2.05 bits per heavy atom. The van der Waals surface area contributed by atoms with Gasteiger partial charge in [-0.2, -0.15) is 18.1 Å². The standard InChI is InChI=1S/C41H50BrF3N4O9/c1-26-22-31(49(36(50)57-38(3,4)5)37(51)58-39(6,7)8)32(46-33(26)42)34-47-48-35(56-34)40(41(43,44)45,55-24-28-15-11-10-12-16-28)25-53-21-13-14-27(2)54-23-29-17-19-30(52-9)20-18-29/h10-12,15-20,22,27H,13-14,21,23-25H2,1-9H3/t27-,40?/m0/s1. The molecule has 0 bridgehead atoms. The predicted octanol–water partition coefficient (Wildman–Crippen LogP) is 10.3. The summed E-state index contributed by atoms with van der Waals surface area (Å²) in [6.07, 6.45) is -6.80. The van der Waals surface area contributed by atoms with Crippen LogP contribution in [-0.4, -0.2) is 71.2 Å². The number of aryl methyl sites for hydroxylation is 1. The van der Waals surface area contributed by atoms with Gasteiger partial charge in [0.05, 0.1) is 38.7 Å². The highest BCUT2D eigenvalue weighted by molar-refractivity contribution is 9.10. The first-order chi connectivity index (χ1) is 27.1. The maximum absolute atomic E-state index is 15.5. The van der Waals surface area contributed by atoms with Gasteiger partial charge in [-0.15, -0.1) is 10.2 Å². The Balaban J connectivity index is 1.66. The first-order valence-corrected chi connectivity index (χ1v) is 19.3. The summed E-state index contributed by atoms with van der Waals surface area (Å²) in [6.45, 7) is 11.8. The van der Waals surface area contributed by atoms with Crippen molar-refractivity contribution >= 4 is 33.8 Å². The third-order valence-electron chi connectivity index (χ3n) is 8.18. The molecule has 316 valence electrons. The van der Waals surface area contributed by atoms with E-state index in [4.69, 9.17) is 32.8 Å². The topological polar surface area (TPSA) is 145 Å². The molecule has 0 saturated carbocycles. The summed E-state index contributed by atoms with van der Waals surface area (Å²) < 4.78 is 85.9. The van der Waals surface area contributed by atoms with Gasteiger partial charge in [0.25, 0.3) is 17.4 Å². The second-order valence-corrected chi connectivity index (χ2v) is 16.2. The van der Waals surface area contributed by atoms with E-state index in [-0.39, 0.29) is 28.7 Å². The number of carbonyl (C=O) groups is 2. The maximum Gasteiger partial charge on any atom is 0.428 e. The van der Waals surface area contributed by atoms with Crippen molar-refractivity contribution in [2.45, 2.75) is 111 Å². The van der Waals surface area contributed by atoms with Crippen LogP contribution in [0.25, 0.3) is 11.6 Å². The number of amides is 2. The van der Waals surface area contributed by atoms with Gasteiger partial charge in [-0.3, -0.25) is 0 Å². The third kappa shape index (κ3) is 12.7. The lowest BCUT2D eigenvalue weighted by Crippen LogP contribution is -2.49. The zero-order chi connectivity index (χ0) is 42.9. The van der Waals surface area contributed by atoms with Gasteiger partial charge in [-0.25, -0.2) is 14.6 Å². The molecule has 4 rings (SSSR count). The van der Waals surface area contributed by atoms with Gasteiger partial charge >= 0.3 is 18.4 Å². The zero-order valence-electron chi connectivity index (χ0n) is 34.1. The smallest absolute Gasteiger partial charge is 0.428 e. The molecule has 2 heterocycles. The first kappa shape index (κ1) is 46.1. The molecule has 58 heavy (non-hydrogen) atoms. The largest absolute Gasteiger partial charge is 0.497 e. The maximum atomic E-state index is 15.5. The summed E-state index contributed by atoms with van der Waals surface area (Å²) in [6, 6.07) is 17.1. The number of imide groups is 1. The second kappa shape index (κ2) is 19.4. The Labute approximate surface area is 344 Å². The number of methoxy groups -OCH3 is 1. The summed E-state index contributed by atoms with van der Waals surface area (Å²) in [5.41, 5.74) is -4.12. The van der Waals surface area contributed by atoms with Crippen molar-refractivity contribution in [3.63, 3.8) is 0 Å². The Bertz CT molecular complexity index is 1940. The second-order valence-electron chi connectivity index (χ2n) is 15.4. The molecule has 0 spiro atoms. The van der Waals surface area contributed by atoms with Crippen LogP contribution in [0.4, 0.5) is 28.4 Å². The number of carbonyl (C=O) groups excluding carboxylic acids is 2. The molecule has 0 aliphatic rings. The van der Waals surface area contributed by atoms with E-state index in [1.54, 1.807) is 85.9 Å². The van der Waals surface area contributed by atoms with Gasteiger partial charge in [-0.05, 0) is 119 Å². The van der Waals surface area contributed by atoms with Gasteiger partial charge in [0.15, 0.2) is 5.69 Å². The van der Waals surface area contributed by atoms with Crippen molar-refractivity contribution in [2.24, 2.45) is 0 Å².